The summed E-state index contributed by atoms with van der Waals surface area (Å²) >= 11 is 13.7. The van der Waals surface area contributed by atoms with Crippen molar-refractivity contribution in [1.29, 1.82) is 0 Å². The third-order valence-electron chi connectivity index (χ3n) is 4.47. The number of nitrogens with one attached hydrogen (secondary N) is 2. The summed E-state index contributed by atoms with van der Waals surface area (Å²) in [6, 6.07) is 14.7. The molecule has 1 atom stereocenters. The first-order valence-corrected chi connectivity index (χ1v) is 10.3. The van der Waals surface area contributed by atoms with Crippen molar-refractivity contribution >= 4 is 46.7 Å². The molecule has 0 bridgehead atoms. The Morgan fingerprint density at radius 3 is 2.71 bits per heavy atom. The highest BCUT2D eigenvalue weighted by molar-refractivity contribution is 7.98. The van der Waals surface area contributed by atoms with Gasteiger partial charge < -0.3 is 10.3 Å². The zero-order valence-corrected chi connectivity index (χ0v) is 16.9. The summed E-state index contributed by atoms with van der Waals surface area (Å²) in [5, 5.41) is 4.33. The molecule has 2 N–H and O–H groups in total. The minimum atomic E-state index is -0.430. The van der Waals surface area contributed by atoms with Crippen molar-refractivity contribution in [2.75, 3.05) is 5.32 Å². The normalized spacial score (nSPS) is 15.8. The molecule has 142 valence electrons. The number of nitrogens with zero attached hydrogens (tertiary/aromatic N) is 1. The minimum absolute atomic E-state index is 0.149. The topological polar surface area (TPSA) is 74.8 Å². The van der Waals surface area contributed by atoms with E-state index < -0.39 is 5.92 Å². The van der Waals surface area contributed by atoms with Gasteiger partial charge in [0.1, 0.15) is 5.82 Å². The molecule has 0 spiro atoms. The van der Waals surface area contributed by atoms with E-state index in [1.807, 2.05) is 36.4 Å². The van der Waals surface area contributed by atoms with Gasteiger partial charge in [0.2, 0.25) is 5.91 Å². The average molecular weight is 432 g/mol. The average Bonchev–Trinajstić information content (AvgIpc) is 2.66. The molecule has 1 amide bonds. The summed E-state index contributed by atoms with van der Waals surface area (Å²) in [6.45, 7) is 0. The Bertz CT molecular complexity index is 1120. The zero-order valence-electron chi connectivity index (χ0n) is 14.5. The third-order valence-corrected chi connectivity index (χ3v) is 6.00. The minimum Gasteiger partial charge on any atom is -0.310 e. The number of benzene rings is 2. The molecule has 2 heterocycles. The van der Waals surface area contributed by atoms with Crippen LogP contribution in [0.1, 0.15) is 29.0 Å². The lowest BCUT2D eigenvalue weighted by Crippen LogP contribution is -2.31. The van der Waals surface area contributed by atoms with Crippen molar-refractivity contribution in [3.63, 3.8) is 0 Å². The monoisotopic (exact) mass is 431 g/mol. The Balaban J connectivity index is 1.67. The lowest BCUT2D eigenvalue weighted by molar-refractivity contribution is -0.116. The van der Waals surface area contributed by atoms with Crippen molar-refractivity contribution in [2.45, 2.75) is 23.2 Å². The summed E-state index contributed by atoms with van der Waals surface area (Å²) in [4.78, 5) is 32.3. The van der Waals surface area contributed by atoms with E-state index in [0.717, 1.165) is 11.1 Å². The second-order valence-corrected chi connectivity index (χ2v) is 8.19. The standard InChI is InChI=1S/C20H15Cl2N3O2S/c21-12-5-3-4-11(8-12)10-28-20-24-18-17(19(27)25-20)14(9-16(26)23-18)13-6-1-2-7-15(13)22/h1-8,14H,9-10H2,(H2,23,24,25,26,27). The fraction of sp³-hybridized carbons (Fsp3) is 0.150. The van der Waals surface area contributed by atoms with Crippen LogP contribution in [-0.4, -0.2) is 15.9 Å². The SMILES string of the molecule is O=C1CC(c2ccccc2Cl)c2c(nc(SCc3cccc(Cl)c3)[nH]c2=O)N1. The highest BCUT2D eigenvalue weighted by Gasteiger charge is 2.32. The number of fused-ring (bicyclic) bond motifs is 1. The molecule has 0 radical (unpaired) electrons. The molecular weight excluding hydrogens is 417 g/mol. The smallest absolute Gasteiger partial charge is 0.257 e. The van der Waals surface area contributed by atoms with Crippen LogP contribution in [0.5, 0.6) is 0 Å². The molecule has 1 aliphatic rings. The first kappa shape index (κ1) is 19.1. The van der Waals surface area contributed by atoms with Crippen LogP contribution in [0.25, 0.3) is 0 Å². The van der Waals surface area contributed by atoms with Gasteiger partial charge in [-0.1, -0.05) is 65.3 Å². The van der Waals surface area contributed by atoms with Crippen LogP contribution in [0.3, 0.4) is 0 Å². The van der Waals surface area contributed by atoms with Crippen LogP contribution < -0.4 is 10.9 Å². The highest BCUT2D eigenvalue weighted by atomic mass is 35.5. The fourth-order valence-corrected chi connectivity index (χ4v) is 4.50. The first-order chi connectivity index (χ1) is 13.5. The maximum absolute atomic E-state index is 12.8. The first-order valence-electron chi connectivity index (χ1n) is 8.57. The number of hydrogen-bond donors (Lipinski definition) is 2. The van der Waals surface area contributed by atoms with E-state index in [-0.39, 0.29) is 17.9 Å². The number of amides is 1. The fourth-order valence-electron chi connectivity index (χ4n) is 3.22. The Kier molecular flexibility index (Phi) is 5.44. The quantitative estimate of drug-likeness (QED) is 0.457. The zero-order chi connectivity index (χ0) is 19.7. The van der Waals surface area contributed by atoms with Gasteiger partial charge in [0, 0.05) is 28.1 Å². The summed E-state index contributed by atoms with van der Waals surface area (Å²) in [7, 11) is 0. The summed E-state index contributed by atoms with van der Waals surface area (Å²) in [5.74, 6) is 0.255. The van der Waals surface area contributed by atoms with Crippen molar-refractivity contribution in [3.8, 4) is 0 Å². The lowest BCUT2D eigenvalue weighted by atomic mass is 9.87. The van der Waals surface area contributed by atoms with Gasteiger partial charge >= 0.3 is 0 Å². The number of carbonyl (C=O) groups excluding carboxylic acids is 1. The number of halogens is 2. The number of aromatic amines is 1. The Morgan fingerprint density at radius 1 is 1.11 bits per heavy atom. The van der Waals surface area contributed by atoms with Crippen molar-refractivity contribution in [1.82, 2.24) is 9.97 Å². The summed E-state index contributed by atoms with van der Waals surface area (Å²) in [6.07, 6.45) is 0.149. The van der Waals surface area contributed by atoms with Crippen molar-refractivity contribution < 1.29 is 4.79 Å². The predicted molar refractivity (Wildman–Crippen MR) is 112 cm³/mol. The van der Waals surface area contributed by atoms with Crippen molar-refractivity contribution in [2.24, 2.45) is 0 Å². The van der Waals surface area contributed by atoms with Gasteiger partial charge in [-0.2, -0.15) is 0 Å². The number of H-pyrrole nitrogens is 1. The molecule has 28 heavy (non-hydrogen) atoms. The number of carbonyl (C=O) groups is 1. The van der Waals surface area contributed by atoms with E-state index in [4.69, 9.17) is 23.2 Å². The number of aromatic nitrogens is 2. The van der Waals surface area contributed by atoms with Gasteiger partial charge in [-0.3, -0.25) is 9.59 Å². The third kappa shape index (κ3) is 3.94. The lowest BCUT2D eigenvalue weighted by Gasteiger charge is -2.25. The number of thioether (sulfide) groups is 1. The highest BCUT2D eigenvalue weighted by Crippen LogP contribution is 2.37. The van der Waals surface area contributed by atoms with Crippen LogP contribution in [0, 0.1) is 0 Å². The summed E-state index contributed by atoms with van der Waals surface area (Å²) < 4.78 is 0. The van der Waals surface area contributed by atoms with Gasteiger partial charge in [-0.15, -0.1) is 0 Å². The maximum Gasteiger partial charge on any atom is 0.257 e. The molecule has 4 rings (SSSR count). The Labute approximate surface area is 175 Å². The summed E-state index contributed by atoms with van der Waals surface area (Å²) in [5.41, 5.74) is 1.91. The maximum atomic E-state index is 12.8. The molecule has 1 aromatic heterocycles. The molecule has 2 aromatic carbocycles. The number of rotatable bonds is 4. The molecule has 0 aliphatic carbocycles. The van der Waals surface area contributed by atoms with Gasteiger partial charge in [-0.25, -0.2) is 4.98 Å². The Hall–Kier alpha value is -2.28. The molecule has 5 nitrogen and oxygen atoms in total. The molecule has 3 aromatic rings. The van der Waals surface area contributed by atoms with Gasteiger partial charge in [0.25, 0.3) is 5.56 Å². The van der Waals surface area contributed by atoms with Crippen LogP contribution in [-0.2, 0) is 10.5 Å². The van der Waals surface area contributed by atoms with E-state index in [2.05, 4.69) is 15.3 Å². The molecule has 0 fully saturated rings. The molecule has 1 aliphatic heterocycles. The molecule has 8 heteroatoms. The van der Waals surface area contributed by atoms with Gasteiger partial charge in [-0.05, 0) is 29.3 Å². The van der Waals surface area contributed by atoms with Crippen LogP contribution >= 0.6 is 35.0 Å². The van der Waals surface area contributed by atoms with Crippen LogP contribution in [0.15, 0.2) is 58.5 Å². The number of anilines is 1. The largest absolute Gasteiger partial charge is 0.310 e. The van der Waals surface area contributed by atoms with Crippen LogP contribution in [0.4, 0.5) is 5.82 Å². The van der Waals surface area contributed by atoms with Gasteiger partial charge in [0.15, 0.2) is 5.16 Å². The molecule has 0 saturated carbocycles. The predicted octanol–water partition coefficient (Wildman–Crippen LogP) is 4.84. The molecule has 0 saturated heterocycles. The van der Waals surface area contributed by atoms with E-state index >= 15 is 0 Å². The number of hydrogen-bond acceptors (Lipinski definition) is 4. The second kappa shape index (κ2) is 7.99. The van der Waals surface area contributed by atoms with E-state index in [9.17, 15) is 9.59 Å². The molecular formula is C20H15Cl2N3O2S. The van der Waals surface area contributed by atoms with E-state index in [0.29, 0.717) is 32.3 Å². The van der Waals surface area contributed by atoms with Crippen molar-refractivity contribution in [3.05, 3.63) is 85.6 Å². The second-order valence-electron chi connectivity index (χ2n) is 6.38. The van der Waals surface area contributed by atoms with E-state index in [1.54, 1.807) is 12.1 Å². The molecule has 1 unspecified atom stereocenters. The Morgan fingerprint density at radius 2 is 1.93 bits per heavy atom. The van der Waals surface area contributed by atoms with Gasteiger partial charge in [0.05, 0.1) is 5.56 Å². The van der Waals surface area contributed by atoms with E-state index in [1.165, 1.54) is 11.8 Å². The van der Waals surface area contributed by atoms with Crippen LogP contribution in [0.2, 0.25) is 10.0 Å².